The van der Waals surface area contributed by atoms with Gasteiger partial charge in [0, 0.05) is 13.5 Å². The first-order valence-corrected chi connectivity index (χ1v) is 6.06. The van der Waals surface area contributed by atoms with Gasteiger partial charge in [-0.05, 0) is 18.7 Å². The van der Waals surface area contributed by atoms with Crippen LogP contribution in [0.1, 0.15) is 5.69 Å². The summed E-state index contributed by atoms with van der Waals surface area (Å²) in [5.74, 6) is 0.947. The molecule has 6 heteroatoms. The van der Waals surface area contributed by atoms with Crippen LogP contribution in [0, 0.1) is 5.82 Å². The first-order chi connectivity index (χ1) is 9.20. The third-order valence-corrected chi connectivity index (χ3v) is 3.06. The molecule has 5 nitrogen and oxygen atoms in total. The molecule has 3 rings (SSSR count). The van der Waals surface area contributed by atoms with Gasteiger partial charge < -0.3 is 5.73 Å². The van der Waals surface area contributed by atoms with E-state index in [2.05, 4.69) is 10.1 Å². The molecule has 0 radical (unpaired) electrons. The number of halogens is 1. The number of hydrogen-bond acceptors (Lipinski definition) is 3. The number of benzene rings is 1. The number of rotatable bonds is 3. The van der Waals surface area contributed by atoms with E-state index < -0.39 is 0 Å². The number of fused-ring (bicyclic) bond motifs is 1. The summed E-state index contributed by atoms with van der Waals surface area (Å²) in [5.41, 5.74) is 6.86. The second-order valence-electron chi connectivity index (χ2n) is 4.38. The Hall–Kier alpha value is -2.21. The largest absolute Gasteiger partial charge is 0.330 e. The van der Waals surface area contributed by atoms with Gasteiger partial charge in [0.25, 0.3) is 0 Å². The smallest absolute Gasteiger partial charge is 0.232 e. The standard InChI is InChI=1S/C13H14FN5/c1-18-12(10-4-2-3-5-11(10)14)17-19-8-9(6-7-15)16-13(18)19/h2-5,8H,6-7,15H2,1H3. The zero-order chi connectivity index (χ0) is 13.4. The Balaban J connectivity index is 2.14. The lowest BCUT2D eigenvalue weighted by Gasteiger charge is -2.01. The van der Waals surface area contributed by atoms with Crippen molar-refractivity contribution in [2.45, 2.75) is 6.42 Å². The normalized spacial score (nSPS) is 11.3. The van der Waals surface area contributed by atoms with Crippen LogP contribution in [0.15, 0.2) is 30.5 Å². The fourth-order valence-electron chi connectivity index (χ4n) is 2.12. The minimum atomic E-state index is -0.291. The van der Waals surface area contributed by atoms with Gasteiger partial charge in [-0.25, -0.2) is 13.9 Å². The average Bonchev–Trinajstić information content (AvgIpc) is 2.91. The zero-order valence-electron chi connectivity index (χ0n) is 10.5. The highest BCUT2D eigenvalue weighted by molar-refractivity contribution is 5.59. The highest BCUT2D eigenvalue weighted by Gasteiger charge is 2.15. The van der Waals surface area contributed by atoms with E-state index in [1.54, 1.807) is 27.3 Å². The molecule has 0 saturated carbocycles. The molecule has 0 unspecified atom stereocenters. The Kier molecular flexibility index (Phi) is 2.79. The van der Waals surface area contributed by atoms with Crippen LogP contribution in [-0.4, -0.2) is 25.7 Å². The van der Waals surface area contributed by atoms with Crippen molar-refractivity contribution in [2.75, 3.05) is 6.54 Å². The topological polar surface area (TPSA) is 61.1 Å². The molecule has 3 aromatic rings. The summed E-state index contributed by atoms with van der Waals surface area (Å²) in [5, 5.41) is 4.38. The van der Waals surface area contributed by atoms with E-state index in [0.717, 1.165) is 5.69 Å². The maximum atomic E-state index is 13.8. The van der Waals surface area contributed by atoms with Gasteiger partial charge in [-0.3, -0.25) is 4.57 Å². The Morgan fingerprint density at radius 1 is 1.32 bits per heavy atom. The lowest BCUT2D eigenvalue weighted by molar-refractivity contribution is 0.628. The average molecular weight is 259 g/mol. The predicted molar refractivity (Wildman–Crippen MR) is 70.1 cm³/mol. The van der Waals surface area contributed by atoms with E-state index in [1.807, 2.05) is 13.2 Å². The fourth-order valence-corrected chi connectivity index (χ4v) is 2.12. The molecule has 0 bridgehead atoms. The van der Waals surface area contributed by atoms with Gasteiger partial charge in [0.2, 0.25) is 5.78 Å². The molecule has 0 amide bonds. The van der Waals surface area contributed by atoms with Crippen LogP contribution in [0.3, 0.4) is 0 Å². The van der Waals surface area contributed by atoms with Crippen molar-refractivity contribution in [1.82, 2.24) is 19.2 Å². The zero-order valence-corrected chi connectivity index (χ0v) is 10.5. The summed E-state index contributed by atoms with van der Waals surface area (Å²) in [4.78, 5) is 4.44. The van der Waals surface area contributed by atoms with Crippen LogP contribution in [0.5, 0.6) is 0 Å². The number of hydrogen-bond donors (Lipinski definition) is 1. The van der Waals surface area contributed by atoms with Crippen molar-refractivity contribution in [3.63, 3.8) is 0 Å². The van der Waals surface area contributed by atoms with E-state index >= 15 is 0 Å². The van der Waals surface area contributed by atoms with Crippen molar-refractivity contribution in [3.05, 3.63) is 42.0 Å². The van der Waals surface area contributed by atoms with Crippen molar-refractivity contribution in [3.8, 4) is 11.4 Å². The quantitative estimate of drug-likeness (QED) is 0.773. The van der Waals surface area contributed by atoms with E-state index in [1.165, 1.54) is 6.07 Å². The summed E-state index contributed by atoms with van der Waals surface area (Å²) in [6, 6.07) is 6.58. The molecule has 0 fully saturated rings. The molecular formula is C13H14FN5. The second-order valence-corrected chi connectivity index (χ2v) is 4.38. The number of aryl methyl sites for hydroxylation is 1. The van der Waals surface area contributed by atoms with Gasteiger partial charge in [0.05, 0.1) is 17.5 Å². The van der Waals surface area contributed by atoms with E-state index in [0.29, 0.717) is 30.1 Å². The fraction of sp³-hybridized carbons (Fsp3) is 0.231. The van der Waals surface area contributed by atoms with Crippen molar-refractivity contribution < 1.29 is 4.39 Å². The minimum Gasteiger partial charge on any atom is -0.330 e. The first kappa shape index (κ1) is 11.9. The van der Waals surface area contributed by atoms with Gasteiger partial charge in [-0.2, -0.15) is 0 Å². The van der Waals surface area contributed by atoms with Gasteiger partial charge in [-0.1, -0.05) is 12.1 Å². The summed E-state index contributed by atoms with van der Waals surface area (Å²) >= 11 is 0. The molecule has 19 heavy (non-hydrogen) atoms. The van der Waals surface area contributed by atoms with Crippen LogP contribution >= 0.6 is 0 Å². The maximum absolute atomic E-state index is 13.8. The highest BCUT2D eigenvalue weighted by Crippen LogP contribution is 2.22. The Bertz CT molecular complexity index is 728. The predicted octanol–water partition coefficient (Wildman–Crippen LogP) is 1.38. The van der Waals surface area contributed by atoms with Crippen molar-refractivity contribution in [1.29, 1.82) is 0 Å². The molecule has 1 aromatic carbocycles. The van der Waals surface area contributed by atoms with E-state index in [-0.39, 0.29) is 5.82 Å². The molecule has 0 saturated heterocycles. The van der Waals surface area contributed by atoms with Crippen LogP contribution in [0.25, 0.3) is 17.2 Å². The molecular weight excluding hydrogens is 245 g/mol. The Morgan fingerprint density at radius 3 is 2.79 bits per heavy atom. The lowest BCUT2D eigenvalue weighted by Crippen LogP contribution is -2.03. The molecule has 0 aliphatic heterocycles. The summed E-state index contributed by atoms with van der Waals surface area (Å²) in [7, 11) is 1.82. The molecule has 0 atom stereocenters. The van der Waals surface area contributed by atoms with Gasteiger partial charge >= 0.3 is 0 Å². The number of aromatic nitrogens is 4. The molecule has 2 aromatic heterocycles. The molecule has 98 valence electrons. The SMILES string of the molecule is Cn1c(-c2ccccc2F)nn2cc(CCN)nc12. The van der Waals surface area contributed by atoms with E-state index in [9.17, 15) is 4.39 Å². The Labute approximate surface area is 109 Å². The van der Waals surface area contributed by atoms with Crippen LogP contribution in [0.4, 0.5) is 4.39 Å². The second kappa shape index (κ2) is 4.47. The van der Waals surface area contributed by atoms with Crippen molar-refractivity contribution >= 4 is 5.78 Å². The number of nitrogens with zero attached hydrogens (tertiary/aromatic N) is 4. The first-order valence-electron chi connectivity index (χ1n) is 6.06. The summed E-state index contributed by atoms with van der Waals surface area (Å²) in [6.45, 7) is 0.546. The molecule has 2 N–H and O–H groups in total. The number of nitrogens with two attached hydrogens (primary N) is 1. The van der Waals surface area contributed by atoms with E-state index in [4.69, 9.17) is 5.73 Å². The summed E-state index contributed by atoms with van der Waals surface area (Å²) in [6.07, 6.45) is 2.53. The third kappa shape index (κ3) is 1.90. The van der Waals surface area contributed by atoms with Crippen LogP contribution < -0.4 is 5.73 Å². The van der Waals surface area contributed by atoms with Crippen molar-refractivity contribution in [2.24, 2.45) is 12.8 Å². The number of imidazole rings is 1. The third-order valence-electron chi connectivity index (χ3n) is 3.06. The Morgan fingerprint density at radius 2 is 2.11 bits per heavy atom. The highest BCUT2D eigenvalue weighted by atomic mass is 19.1. The molecule has 0 spiro atoms. The molecule has 0 aliphatic rings. The summed E-state index contributed by atoms with van der Waals surface area (Å²) < 4.78 is 17.2. The molecule has 2 heterocycles. The lowest BCUT2D eigenvalue weighted by atomic mass is 10.2. The van der Waals surface area contributed by atoms with Gasteiger partial charge in [0.15, 0.2) is 5.82 Å². The monoisotopic (exact) mass is 259 g/mol. The van der Waals surface area contributed by atoms with Crippen LogP contribution in [-0.2, 0) is 13.5 Å². The van der Waals surface area contributed by atoms with Crippen LogP contribution in [0.2, 0.25) is 0 Å². The maximum Gasteiger partial charge on any atom is 0.232 e. The molecule has 0 aliphatic carbocycles. The van der Waals surface area contributed by atoms with Gasteiger partial charge in [-0.15, -0.1) is 5.10 Å². The van der Waals surface area contributed by atoms with Gasteiger partial charge in [0.1, 0.15) is 5.82 Å². The minimum absolute atomic E-state index is 0.291.